The number of aromatic nitrogens is 4. The molecular formula is C26H24FN5O2. The SMILES string of the molecule is CC(C)n1cnnc1-c1cccc(NC(=O)c2cc(CC(=O)Cc3ccccc3)ccc2F)n1. The van der Waals surface area contributed by atoms with Gasteiger partial charge in [-0.2, -0.15) is 0 Å². The third kappa shape index (κ3) is 5.40. The Morgan fingerprint density at radius 2 is 1.74 bits per heavy atom. The van der Waals surface area contributed by atoms with E-state index in [-0.39, 0.29) is 36.0 Å². The molecule has 1 amide bonds. The first-order chi connectivity index (χ1) is 16.4. The molecule has 0 saturated carbocycles. The number of nitrogens with one attached hydrogen (secondary N) is 1. The van der Waals surface area contributed by atoms with Crippen molar-refractivity contribution in [2.75, 3.05) is 5.32 Å². The standard InChI is InChI=1S/C26H24FN5O2/c1-17(2)32-16-28-31-25(32)23-9-6-10-24(29-23)30-26(34)21-15-19(11-12-22(21)27)14-20(33)13-18-7-4-3-5-8-18/h3-12,15-17H,13-14H2,1-2H3,(H,29,30,34). The number of benzene rings is 2. The second-order valence-corrected chi connectivity index (χ2v) is 8.21. The first-order valence-electron chi connectivity index (χ1n) is 10.9. The number of hydrogen-bond donors (Lipinski definition) is 1. The van der Waals surface area contributed by atoms with Gasteiger partial charge < -0.3 is 9.88 Å². The average molecular weight is 458 g/mol. The number of halogens is 1. The molecule has 0 aliphatic rings. The zero-order chi connectivity index (χ0) is 24.1. The normalized spacial score (nSPS) is 10.9. The smallest absolute Gasteiger partial charge is 0.259 e. The number of Topliss-reactive ketones (excluding diaryl/α,β-unsaturated/α-hetero) is 1. The van der Waals surface area contributed by atoms with Crippen LogP contribution in [0.25, 0.3) is 11.5 Å². The molecule has 0 unspecified atom stereocenters. The summed E-state index contributed by atoms with van der Waals surface area (Å²) < 4.78 is 16.3. The van der Waals surface area contributed by atoms with E-state index >= 15 is 0 Å². The molecule has 0 radical (unpaired) electrons. The van der Waals surface area contributed by atoms with Crippen molar-refractivity contribution in [3.8, 4) is 11.5 Å². The number of carbonyl (C=O) groups excluding carboxylic acids is 2. The highest BCUT2D eigenvalue weighted by Gasteiger charge is 2.16. The number of hydrogen-bond acceptors (Lipinski definition) is 5. The number of pyridine rings is 1. The van der Waals surface area contributed by atoms with Crippen molar-refractivity contribution in [2.24, 2.45) is 0 Å². The topological polar surface area (TPSA) is 89.8 Å². The van der Waals surface area contributed by atoms with Crippen molar-refractivity contribution in [3.63, 3.8) is 0 Å². The van der Waals surface area contributed by atoms with E-state index in [2.05, 4.69) is 20.5 Å². The molecule has 34 heavy (non-hydrogen) atoms. The van der Waals surface area contributed by atoms with Crippen LogP contribution in [0.4, 0.5) is 10.2 Å². The highest BCUT2D eigenvalue weighted by atomic mass is 19.1. The summed E-state index contributed by atoms with van der Waals surface area (Å²) in [5, 5.41) is 10.7. The fourth-order valence-corrected chi connectivity index (χ4v) is 3.59. The van der Waals surface area contributed by atoms with Crippen LogP contribution < -0.4 is 5.32 Å². The van der Waals surface area contributed by atoms with Crippen molar-refractivity contribution >= 4 is 17.5 Å². The van der Waals surface area contributed by atoms with Crippen LogP contribution in [0.3, 0.4) is 0 Å². The van der Waals surface area contributed by atoms with Crippen molar-refractivity contribution in [1.82, 2.24) is 19.7 Å². The second-order valence-electron chi connectivity index (χ2n) is 8.21. The maximum atomic E-state index is 14.5. The number of anilines is 1. The van der Waals surface area contributed by atoms with Gasteiger partial charge in [0.1, 0.15) is 29.4 Å². The van der Waals surface area contributed by atoms with E-state index in [0.29, 0.717) is 17.1 Å². The van der Waals surface area contributed by atoms with Crippen molar-refractivity contribution in [3.05, 3.63) is 95.6 Å². The van der Waals surface area contributed by atoms with Crippen LogP contribution in [0.15, 0.2) is 73.1 Å². The molecule has 0 spiro atoms. The van der Waals surface area contributed by atoms with Crippen LogP contribution in [0.5, 0.6) is 0 Å². The zero-order valence-corrected chi connectivity index (χ0v) is 18.9. The summed E-state index contributed by atoms with van der Waals surface area (Å²) in [4.78, 5) is 29.7. The Morgan fingerprint density at radius 3 is 2.50 bits per heavy atom. The second kappa shape index (κ2) is 10.2. The molecule has 2 heterocycles. The summed E-state index contributed by atoms with van der Waals surface area (Å²) in [6.07, 6.45) is 2.00. The first kappa shape index (κ1) is 23.0. The summed E-state index contributed by atoms with van der Waals surface area (Å²) in [7, 11) is 0. The predicted octanol–water partition coefficient (Wildman–Crippen LogP) is 4.67. The van der Waals surface area contributed by atoms with Gasteiger partial charge in [0.25, 0.3) is 5.91 Å². The summed E-state index contributed by atoms with van der Waals surface area (Å²) in [6.45, 7) is 4.00. The first-order valence-corrected chi connectivity index (χ1v) is 10.9. The molecule has 0 atom stereocenters. The Hall–Kier alpha value is -4.20. The van der Waals surface area contributed by atoms with E-state index in [1.807, 2.05) is 48.7 Å². The lowest BCUT2D eigenvalue weighted by molar-refractivity contribution is -0.117. The van der Waals surface area contributed by atoms with Crippen LogP contribution in [-0.2, 0) is 17.6 Å². The fourth-order valence-electron chi connectivity index (χ4n) is 3.59. The fraction of sp³-hybridized carbons (Fsp3) is 0.192. The highest BCUT2D eigenvalue weighted by Crippen LogP contribution is 2.20. The summed E-state index contributed by atoms with van der Waals surface area (Å²) in [5.41, 5.74) is 1.86. The van der Waals surface area contributed by atoms with Crippen molar-refractivity contribution in [1.29, 1.82) is 0 Å². The minimum atomic E-state index is -0.674. The van der Waals surface area contributed by atoms with Gasteiger partial charge in [-0.25, -0.2) is 9.37 Å². The number of ketones is 1. The molecule has 0 aliphatic carbocycles. The van der Waals surface area contributed by atoms with Gasteiger partial charge >= 0.3 is 0 Å². The molecule has 0 bridgehead atoms. The van der Waals surface area contributed by atoms with Gasteiger partial charge in [-0.3, -0.25) is 9.59 Å². The summed E-state index contributed by atoms with van der Waals surface area (Å²) in [6, 6.07) is 18.8. The molecule has 7 nitrogen and oxygen atoms in total. The van der Waals surface area contributed by atoms with E-state index in [1.54, 1.807) is 24.5 Å². The summed E-state index contributed by atoms with van der Waals surface area (Å²) in [5.74, 6) is -0.521. The molecule has 4 aromatic rings. The molecule has 0 aliphatic heterocycles. The van der Waals surface area contributed by atoms with Gasteiger partial charge in [0.15, 0.2) is 5.82 Å². The van der Waals surface area contributed by atoms with E-state index in [0.717, 1.165) is 5.56 Å². The lowest BCUT2D eigenvalue weighted by Crippen LogP contribution is -2.16. The van der Waals surface area contributed by atoms with E-state index < -0.39 is 11.7 Å². The van der Waals surface area contributed by atoms with Gasteiger partial charge in [0, 0.05) is 18.9 Å². The van der Waals surface area contributed by atoms with Crippen molar-refractivity contribution in [2.45, 2.75) is 32.7 Å². The Labute approximate surface area is 196 Å². The third-order valence-corrected chi connectivity index (χ3v) is 5.27. The molecule has 172 valence electrons. The molecule has 4 rings (SSSR count). The molecule has 8 heteroatoms. The largest absolute Gasteiger partial charge is 0.310 e. The lowest BCUT2D eigenvalue weighted by atomic mass is 10.0. The highest BCUT2D eigenvalue weighted by molar-refractivity contribution is 6.04. The van der Waals surface area contributed by atoms with Crippen LogP contribution in [0.1, 0.15) is 41.4 Å². The van der Waals surface area contributed by atoms with Crippen LogP contribution >= 0.6 is 0 Å². The van der Waals surface area contributed by atoms with Crippen molar-refractivity contribution < 1.29 is 14.0 Å². The van der Waals surface area contributed by atoms with Gasteiger partial charge in [-0.1, -0.05) is 42.5 Å². The number of nitrogens with zero attached hydrogens (tertiary/aromatic N) is 4. The molecule has 0 saturated heterocycles. The maximum absolute atomic E-state index is 14.5. The van der Waals surface area contributed by atoms with Gasteiger partial charge in [0.2, 0.25) is 0 Å². The minimum Gasteiger partial charge on any atom is -0.310 e. The van der Waals surface area contributed by atoms with Crippen LogP contribution in [0, 0.1) is 5.82 Å². The Kier molecular flexibility index (Phi) is 6.87. The average Bonchev–Trinajstić information content (AvgIpc) is 3.32. The van der Waals surface area contributed by atoms with Gasteiger partial charge in [-0.15, -0.1) is 10.2 Å². The maximum Gasteiger partial charge on any atom is 0.259 e. The van der Waals surface area contributed by atoms with Crippen LogP contribution in [0.2, 0.25) is 0 Å². The Bertz CT molecular complexity index is 1320. The molecule has 1 N–H and O–H groups in total. The monoisotopic (exact) mass is 457 g/mol. The van der Waals surface area contributed by atoms with Gasteiger partial charge in [-0.05, 0) is 49.2 Å². The van der Waals surface area contributed by atoms with Crippen LogP contribution in [-0.4, -0.2) is 31.4 Å². The predicted molar refractivity (Wildman–Crippen MR) is 127 cm³/mol. The van der Waals surface area contributed by atoms with E-state index in [1.165, 1.54) is 18.2 Å². The third-order valence-electron chi connectivity index (χ3n) is 5.27. The molecule has 2 aromatic carbocycles. The van der Waals surface area contributed by atoms with E-state index in [4.69, 9.17) is 0 Å². The number of amides is 1. The Balaban J connectivity index is 1.49. The zero-order valence-electron chi connectivity index (χ0n) is 18.9. The molecular weight excluding hydrogens is 433 g/mol. The molecule has 2 aromatic heterocycles. The quantitative estimate of drug-likeness (QED) is 0.415. The molecule has 0 fully saturated rings. The number of rotatable bonds is 8. The minimum absolute atomic E-state index is 0.0206. The summed E-state index contributed by atoms with van der Waals surface area (Å²) >= 11 is 0. The van der Waals surface area contributed by atoms with Gasteiger partial charge in [0.05, 0.1) is 5.56 Å². The number of carbonyl (C=O) groups is 2. The van der Waals surface area contributed by atoms with E-state index in [9.17, 15) is 14.0 Å². The lowest BCUT2D eigenvalue weighted by Gasteiger charge is -2.11. The Morgan fingerprint density at radius 1 is 0.971 bits per heavy atom.